The van der Waals surface area contributed by atoms with Crippen LogP contribution in [-0.4, -0.2) is 19.0 Å². The van der Waals surface area contributed by atoms with Gasteiger partial charge in [0.15, 0.2) is 0 Å². The van der Waals surface area contributed by atoms with Crippen molar-refractivity contribution >= 4 is 11.6 Å². The van der Waals surface area contributed by atoms with Crippen molar-refractivity contribution in [2.45, 2.75) is 26.7 Å². The molecule has 4 nitrogen and oxygen atoms in total. The number of nitriles is 1. The maximum absolute atomic E-state index is 12.7. The minimum Gasteiger partial charge on any atom is -0.330 e. The summed E-state index contributed by atoms with van der Waals surface area (Å²) in [6.07, 6.45) is 1.09. The van der Waals surface area contributed by atoms with E-state index in [1.54, 1.807) is 4.90 Å². The molecule has 1 amide bonds. The first kappa shape index (κ1) is 16.2. The smallest absolute Gasteiger partial charge is 0.231 e. The van der Waals surface area contributed by atoms with E-state index in [1.807, 2.05) is 30.3 Å². The highest BCUT2D eigenvalue weighted by Crippen LogP contribution is 2.20. The van der Waals surface area contributed by atoms with Gasteiger partial charge in [-0.25, -0.2) is 0 Å². The van der Waals surface area contributed by atoms with Gasteiger partial charge in [0.05, 0.1) is 18.4 Å². The third-order valence-corrected chi connectivity index (χ3v) is 3.17. The van der Waals surface area contributed by atoms with E-state index in [1.165, 1.54) is 0 Å². The van der Waals surface area contributed by atoms with Crippen molar-refractivity contribution in [3.8, 4) is 6.07 Å². The molecule has 1 aromatic rings. The molecule has 0 saturated carbocycles. The van der Waals surface area contributed by atoms with Crippen molar-refractivity contribution < 1.29 is 4.79 Å². The van der Waals surface area contributed by atoms with E-state index < -0.39 is 0 Å². The first-order valence-corrected chi connectivity index (χ1v) is 7.03. The van der Waals surface area contributed by atoms with E-state index in [2.05, 4.69) is 19.9 Å². The lowest BCUT2D eigenvalue weighted by molar-refractivity contribution is -0.122. The Morgan fingerprint density at radius 3 is 2.50 bits per heavy atom. The molecule has 1 aromatic carbocycles. The van der Waals surface area contributed by atoms with Gasteiger partial charge in [-0.2, -0.15) is 5.26 Å². The molecule has 20 heavy (non-hydrogen) atoms. The fourth-order valence-electron chi connectivity index (χ4n) is 2.22. The zero-order valence-corrected chi connectivity index (χ0v) is 12.2. The molecule has 2 N–H and O–H groups in total. The predicted molar refractivity (Wildman–Crippen MR) is 81.0 cm³/mol. The van der Waals surface area contributed by atoms with Crippen molar-refractivity contribution in [2.75, 3.05) is 18.0 Å². The average Bonchev–Trinajstić information content (AvgIpc) is 2.45. The van der Waals surface area contributed by atoms with Crippen LogP contribution in [0.25, 0.3) is 0 Å². The number of amides is 1. The Balaban J connectivity index is 2.92. The van der Waals surface area contributed by atoms with E-state index in [9.17, 15) is 4.79 Å². The van der Waals surface area contributed by atoms with E-state index in [0.29, 0.717) is 25.4 Å². The zero-order valence-electron chi connectivity index (χ0n) is 12.2. The monoisotopic (exact) mass is 273 g/mol. The van der Waals surface area contributed by atoms with Crippen LogP contribution in [0.1, 0.15) is 26.7 Å². The number of benzene rings is 1. The summed E-state index contributed by atoms with van der Waals surface area (Å²) in [5.41, 5.74) is 6.58. The number of anilines is 1. The van der Waals surface area contributed by atoms with E-state index >= 15 is 0 Å². The van der Waals surface area contributed by atoms with Gasteiger partial charge in [-0.05, 0) is 24.5 Å². The Bertz CT molecular complexity index is 451. The molecule has 1 rings (SSSR count). The summed E-state index contributed by atoms with van der Waals surface area (Å²) in [6.45, 7) is 4.91. The van der Waals surface area contributed by atoms with Gasteiger partial charge in [0.2, 0.25) is 5.91 Å². The van der Waals surface area contributed by atoms with Gasteiger partial charge in [0, 0.05) is 18.8 Å². The van der Waals surface area contributed by atoms with Crippen molar-refractivity contribution in [3.63, 3.8) is 0 Å². The summed E-state index contributed by atoms with van der Waals surface area (Å²) >= 11 is 0. The van der Waals surface area contributed by atoms with Crippen molar-refractivity contribution in [3.05, 3.63) is 30.3 Å². The molecule has 0 fully saturated rings. The SMILES string of the molecule is CC(C)CC(CN)C(=O)N(CCC#N)c1ccccc1. The highest BCUT2D eigenvalue weighted by Gasteiger charge is 2.24. The Morgan fingerprint density at radius 1 is 1.35 bits per heavy atom. The molecule has 0 radical (unpaired) electrons. The van der Waals surface area contributed by atoms with E-state index in [-0.39, 0.29) is 11.8 Å². The van der Waals surface area contributed by atoms with Crippen LogP contribution >= 0.6 is 0 Å². The molecule has 1 atom stereocenters. The Morgan fingerprint density at radius 2 is 2.00 bits per heavy atom. The summed E-state index contributed by atoms with van der Waals surface area (Å²) in [7, 11) is 0. The number of carbonyl (C=O) groups excluding carboxylic acids is 1. The average molecular weight is 273 g/mol. The van der Waals surface area contributed by atoms with Crippen LogP contribution in [0, 0.1) is 23.2 Å². The number of nitrogens with two attached hydrogens (primary N) is 1. The van der Waals surface area contributed by atoms with Crippen molar-refractivity contribution in [1.29, 1.82) is 5.26 Å². The number of hydrogen-bond acceptors (Lipinski definition) is 3. The second-order valence-corrected chi connectivity index (χ2v) is 5.30. The van der Waals surface area contributed by atoms with Gasteiger partial charge in [0.1, 0.15) is 0 Å². The summed E-state index contributed by atoms with van der Waals surface area (Å²) in [6, 6.07) is 11.6. The van der Waals surface area contributed by atoms with Gasteiger partial charge in [0.25, 0.3) is 0 Å². The number of nitrogens with zero attached hydrogens (tertiary/aromatic N) is 2. The summed E-state index contributed by atoms with van der Waals surface area (Å²) < 4.78 is 0. The molecule has 108 valence electrons. The molecule has 0 spiro atoms. The summed E-state index contributed by atoms with van der Waals surface area (Å²) in [4.78, 5) is 14.3. The number of carbonyl (C=O) groups is 1. The molecular formula is C16H23N3O. The maximum atomic E-state index is 12.7. The second-order valence-electron chi connectivity index (χ2n) is 5.30. The Kier molecular flexibility index (Phi) is 6.75. The van der Waals surface area contributed by atoms with E-state index in [0.717, 1.165) is 12.1 Å². The van der Waals surface area contributed by atoms with Crippen molar-refractivity contribution in [2.24, 2.45) is 17.6 Å². The largest absolute Gasteiger partial charge is 0.330 e. The third kappa shape index (κ3) is 4.67. The van der Waals surface area contributed by atoms with Crippen molar-refractivity contribution in [1.82, 2.24) is 0 Å². The molecule has 0 saturated heterocycles. The molecular weight excluding hydrogens is 250 g/mol. The Hall–Kier alpha value is -1.86. The molecule has 0 aliphatic carbocycles. The fourth-order valence-corrected chi connectivity index (χ4v) is 2.22. The first-order chi connectivity index (χ1) is 9.60. The van der Waals surface area contributed by atoms with Crippen LogP contribution in [0.4, 0.5) is 5.69 Å². The van der Waals surface area contributed by atoms with Gasteiger partial charge in [-0.1, -0.05) is 32.0 Å². The summed E-state index contributed by atoms with van der Waals surface area (Å²) in [5.74, 6) is 0.248. The topological polar surface area (TPSA) is 70.1 Å². The van der Waals surface area contributed by atoms with Gasteiger partial charge in [-0.15, -0.1) is 0 Å². The lowest BCUT2D eigenvalue weighted by atomic mass is 9.95. The standard InChI is InChI=1S/C16H23N3O/c1-13(2)11-14(12-18)16(20)19(10-6-9-17)15-7-4-3-5-8-15/h3-5,7-8,13-14H,6,10-12,18H2,1-2H3. The molecule has 0 aliphatic heterocycles. The molecule has 0 bridgehead atoms. The zero-order chi connectivity index (χ0) is 15.0. The normalized spacial score (nSPS) is 11.9. The van der Waals surface area contributed by atoms with Crippen LogP contribution in [0.5, 0.6) is 0 Å². The van der Waals surface area contributed by atoms with Crippen LogP contribution in [0.3, 0.4) is 0 Å². The Labute approximate surface area is 121 Å². The first-order valence-electron chi connectivity index (χ1n) is 7.03. The predicted octanol–water partition coefficient (Wildman–Crippen LogP) is 2.55. The minimum atomic E-state index is -0.186. The van der Waals surface area contributed by atoms with Gasteiger partial charge < -0.3 is 10.6 Å². The van der Waals surface area contributed by atoms with Crippen LogP contribution in [0.15, 0.2) is 30.3 Å². The third-order valence-electron chi connectivity index (χ3n) is 3.17. The molecule has 0 aromatic heterocycles. The maximum Gasteiger partial charge on any atom is 0.231 e. The highest BCUT2D eigenvalue weighted by atomic mass is 16.2. The quantitative estimate of drug-likeness (QED) is 0.830. The fraction of sp³-hybridized carbons (Fsp3) is 0.500. The van der Waals surface area contributed by atoms with Gasteiger partial charge >= 0.3 is 0 Å². The molecule has 0 aliphatic rings. The molecule has 4 heteroatoms. The van der Waals surface area contributed by atoms with Crippen LogP contribution in [0.2, 0.25) is 0 Å². The second kappa shape index (κ2) is 8.34. The summed E-state index contributed by atoms with van der Waals surface area (Å²) in [5, 5.41) is 8.77. The lowest BCUT2D eigenvalue weighted by Gasteiger charge is -2.27. The number of hydrogen-bond donors (Lipinski definition) is 1. The lowest BCUT2D eigenvalue weighted by Crippen LogP contribution is -2.40. The van der Waals surface area contributed by atoms with Gasteiger partial charge in [-0.3, -0.25) is 4.79 Å². The van der Waals surface area contributed by atoms with E-state index in [4.69, 9.17) is 11.0 Å². The van der Waals surface area contributed by atoms with Crippen LogP contribution < -0.4 is 10.6 Å². The van der Waals surface area contributed by atoms with Crippen LogP contribution in [-0.2, 0) is 4.79 Å². The highest BCUT2D eigenvalue weighted by molar-refractivity contribution is 5.95. The number of rotatable bonds is 7. The molecule has 0 heterocycles. The minimum absolute atomic E-state index is 0.0163. The molecule has 1 unspecified atom stereocenters. The number of para-hydroxylation sites is 1.